The van der Waals surface area contributed by atoms with Gasteiger partial charge >= 0.3 is 0 Å². The molecule has 4 nitrogen and oxygen atoms in total. The number of rotatable bonds is 3. The van der Waals surface area contributed by atoms with E-state index >= 15 is 0 Å². The summed E-state index contributed by atoms with van der Waals surface area (Å²) in [5, 5.41) is 0. The van der Waals surface area contributed by atoms with Gasteiger partial charge < -0.3 is 16.4 Å². The molecule has 0 saturated heterocycles. The van der Waals surface area contributed by atoms with Gasteiger partial charge in [-0.05, 0) is 32.9 Å². The molecule has 1 aliphatic rings. The number of nitrogens with two attached hydrogens (primary N) is 2. The molecule has 4 N–H and O–H groups in total. The van der Waals surface area contributed by atoms with Gasteiger partial charge in [0.1, 0.15) is 0 Å². The number of halogens is 1. The molecular formula is C11H25IN4. The van der Waals surface area contributed by atoms with Crippen molar-refractivity contribution >= 4 is 29.9 Å². The molecule has 0 amide bonds. The van der Waals surface area contributed by atoms with Crippen LogP contribution in [0.4, 0.5) is 0 Å². The second-order valence-corrected chi connectivity index (χ2v) is 5.06. The van der Waals surface area contributed by atoms with Crippen LogP contribution in [-0.4, -0.2) is 37.0 Å². The highest BCUT2D eigenvalue weighted by Gasteiger charge is 2.36. The Morgan fingerprint density at radius 1 is 1.44 bits per heavy atom. The van der Waals surface area contributed by atoms with Crippen molar-refractivity contribution in [1.29, 1.82) is 0 Å². The number of guanidine groups is 1. The van der Waals surface area contributed by atoms with Gasteiger partial charge in [0.25, 0.3) is 0 Å². The summed E-state index contributed by atoms with van der Waals surface area (Å²) in [6.07, 6.45) is 4.99. The Morgan fingerprint density at radius 2 is 2.06 bits per heavy atom. The first-order valence-corrected chi connectivity index (χ1v) is 5.69. The van der Waals surface area contributed by atoms with Crippen LogP contribution in [0.5, 0.6) is 0 Å². The van der Waals surface area contributed by atoms with Crippen LogP contribution in [0.25, 0.3) is 0 Å². The molecular weight excluding hydrogens is 315 g/mol. The monoisotopic (exact) mass is 340 g/mol. The largest absolute Gasteiger partial charge is 0.370 e. The van der Waals surface area contributed by atoms with Gasteiger partial charge in [-0.15, -0.1) is 24.0 Å². The Labute approximate surface area is 116 Å². The molecule has 0 spiro atoms. The lowest BCUT2D eigenvalue weighted by atomic mass is 9.75. The molecule has 5 heteroatoms. The zero-order valence-electron chi connectivity index (χ0n) is 10.6. The van der Waals surface area contributed by atoms with E-state index in [2.05, 4.69) is 30.9 Å². The summed E-state index contributed by atoms with van der Waals surface area (Å²) in [6, 6.07) is 0. The Bertz CT molecular complexity index is 238. The van der Waals surface area contributed by atoms with Gasteiger partial charge in [-0.2, -0.15) is 0 Å². The highest BCUT2D eigenvalue weighted by atomic mass is 127. The van der Waals surface area contributed by atoms with Gasteiger partial charge in [0.2, 0.25) is 0 Å². The fourth-order valence-electron chi connectivity index (χ4n) is 2.56. The predicted octanol–water partition coefficient (Wildman–Crippen LogP) is 1.39. The normalized spacial score (nSPS) is 29.6. The molecule has 16 heavy (non-hydrogen) atoms. The van der Waals surface area contributed by atoms with Crippen LogP contribution in [0.15, 0.2) is 4.99 Å². The van der Waals surface area contributed by atoms with Gasteiger partial charge in [0, 0.05) is 5.54 Å². The van der Waals surface area contributed by atoms with Crippen LogP contribution in [0.2, 0.25) is 0 Å². The third-order valence-electron chi connectivity index (χ3n) is 3.57. The van der Waals surface area contributed by atoms with Crippen molar-refractivity contribution in [3.05, 3.63) is 0 Å². The third kappa shape index (κ3) is 4.08. The standard InChI is InChI=1S/C11H24N4.HI/c1-9-5-4-6-11(7-9,15(2)3)8-14-10(12)13;/h9H,4-8H2,1-3H3,(H4,12,13,14);1H. The second-order valence-electron chi connectivity index (χ2n) is 5.06. The summed E-state index contributed by atoms with van der Waals surface area (Å²) in [5.74, 6) is 0.977. The molecule has 0 aromatic heterocycles. The Kier molecular flexibility index (Phi) is 6.62. The van der Waals surface area contributed by atoms with E-state index in [1.807, 2.05) is 0 Å². The van der Waals surface area contributed by atoms with Gasteiger partial charge in [-0.25, -0.2) is 0 Å². The van der Waals surface area contributed by atoms with Crippen molar-refractivity contribution in [3.63, 3.8) is 0 Å². The molecule has 1 saturated carbocycles. The molecule has 0 heterocycles. The molecule has 2 unspecified atom stereocenters. The Balaban J connectivity index is 0.00000225. The number of hydrogen-bond acceptors (Lipinski definition) is 2. The molecule has 0 aromatic carbocycles. The average molecular weight is 340 g/mol. The maximum Gasteiger partial charge on any atom is 0.185 e. The molecule has 0 radical (unpaired) electrons. The summed E-state index contributed by atoms with van der Waals surface area (Å²) in [4.78, 5) is 6.49. The number of aliphatic imine (C=N–C) groups is 1. The molecule has 2 atom stereocenters. The highest BCUT2D eigenvalue weighted by Crippen LogP contribution is 2.35. The van der Waals surface area contributed by atoms with Crippen molar-refractivity contribution in [2.75, 3.05) is 20.6 Å². The molecule has 1 aliphatic carbocycles. The van der Waals surface area contributed by atoms with E-state index in [1.54, 1.807) is 0 Å². The van der Waals surface area contributed by atoms with Crippen molar-refractivity contribution < 1.29 is 0 Å². The lowest BCUT2D eigenvalue weighted by Gasteiger charge is -2.44. The van der Waals surface area contributed by atoms with Crippen LogP contribution >= 0.6 is 24.0 Å². The second kappa shape index (κ2) is 6.64. The first kappa shape index (κ1) is 16.0. The Hall–Kier alpha value is -0.0400. The van der Waals surface area contributed by atoms with Gasteiger partial charge in [-0.1, -0.05) is 19.8 Å². The van der Waals surface area contributed by atoms with Crippen LogP contribution in [-0.2, 0) is 0 Å². The van der Waals surface area contributed by atoms with E-state index in [1.165, 1.54) is 25.7 Å². The molecule has 96 valence electrons. The Morgan fingerprint density at radius 3 is 2.50 bits per heavy atom. The van der Waals surface area contributed by atoms with Gasteiger partial charge in [0.05, 0.1) is 6.54 Å². The van der Waals surface area contributed by atoms with Crippen molar-refractivity contribution in [2.24, 2.45) is 22.4 Å². The van der Waals surface area contributed by atoms with E-state index in [9.17, 15) is 0 Å². The molecule has 0 bridgehead atoms. The molecule has 1 rings (SSSR count). The summed E-state index contributed by atoms with van der Waals surface area (Å²) in [6.45, 7) is 3.04. The average Bonchev–Trinajstić information content (AvgIpc) is 2.14. The fraction of sp³-hybridized carbons (Fsp3) is 0.909. The lowest BCUT2D eigenvalue weighted by Crippen LogP contribution is -2.50. The van der Waals surface area contributed by atoms with Gasteiger partial charge in [0.15, 0.2) is 5.96 Å². The first-order chi connectivity index (χ1) is 6.96. The van der Waals surface area contributed by atoms with E-state index in [0.717, 1.165) is 12.5 Å². The molecule has 1 fully saturated rings. The van der Waals surface area contributed by atoms with Crippen LogP contribution in [0.3, 0.4) is 0 Å². The topological polar surface area (TPSA) is 67.6 Å². The van der Waals surface area contributed by atoms with Crippen molar-refractivity contribution in [2.45, 2.75) is 38.1 Å². The smallest absolute Gasteiger partial charge is 0.185 e. The maximum absolute atomic E-state index is 5.41. The van der Waals surface area contributed by atoms with Crippen LogP contribution in [0, 0.1) is 5.92 Å². The zero-order chi connectivity index (χ0) is 11.5. The zero-order valence-corrected chi connectivity index (χ0v) is 12.9. The van der Waals surface area contributed by atoms with E-state index < -0.39 is 0 Å². The summed E-state index contributed by atoms with van der Waals surface area (Å²) < 4.78 is 0. The summed E-state index contributed by atoms with van der Waals surface area (Å²) >= 11 is 0. The minimum atomic E-state index is 0. The maximum atomic E-state index is 5.41. The number of nitrogens with zero attached hydrogens (tertiary/aromatic N) is 2. The summed E-state index contributed by atoms with van der Waals surface area (Å²) in [5.41, 5.74) is 11.0. The quantitative estimate of drug-likeness (QED) is 0.463. The van der Waals surface area contributed by atoms with E-state index in [4.69, 9.17) is 11.5 Å². The summed E-state index contributed by atoms with van der Waals surface area (Å²) in [7, 11) is 4.25. The minimum Gasteiger partial charge on any atom is -0.370 e. The lowest BCUT2D eigenvalue weighted by molar-refractivity contribution is 0.0846. The van der Waals surface area contributed by atoms with Crippen LogP contribution < -0.4 is 11.5 Å². The first-order valence-electron chi connectivity index (χ1n) is 5.69. The molecule has 0 aromatic rings. The third-order valence-corrected chi connectivity index (χ3v) is 3.57. The highest BCUT2D eigenvalue weighted by molar-refractivity contribution is 14.0. The van der Waals surface area contributed by atoms with Gasteiger partial charge in [-0.3, -0.25) is 4.99 Å². The minimum absolute atomic E-state index is 0. The van der Waals surface area contributed by atoms with Crippen LogP contribution in [0.1, 0.15) is 32.6 Å². The van der Waals surface area contributed by atoms with E-state index in [0.29, 0.717) is 0 Å². The SMILES string of the molecule is CC1CCCC(CN=C(N)N)(N(C)C)C1.I. The van der Waals surface area contributed by atoms with Crippen molar-refractivity contribution in [3.8, 4) is 0 Å². The number of likely N-dealkylation sites (N-methyl/N-ethyl adjacent to an activating group) is 1. The van der Waals surface area contributed by atoms with Crippen molar-refractivity contribution in [1.82, 2.24) is 4.90 Å². The van der Waals surface area contributed by atoms with E-state index in [-0.39, 0.29) is 35.5 Å². The molecule has 0 aliphatic heterocycles. The predicted molar refractivity (Wildman–Crippen MR) is 80.1 cm³/mol. The fourth-order valence-corrected chi connectivity index (χ4v) is 2.56. The number of hydrogen-bond donors (Lipinski definition) is 2.